The number of aromatic nitrogens is 4. The molecule has 0 fully saturated rings. The summed E-state index contributed by atoms with van der Waals surface area (Å²) in [6, 6.07) is 12.6. The highest BCUT2D eigenvalue weighted by molar-refractivity contribution is 7.99. The third-order valence-electron chi connectivity index (χ3n) is 3.69. The van der Waals surface area contributed by atoms with Gasteiger partial charge in [0.05, 0.1) is 6.61 Å². The Labute approximate surface area is 157 Å². The lowest BCUT2D eigenvalue weighted by Gasteiger charge is -2.14. The molecule has 0 aliphatic rings. The second-order valence-corrected chi connectivity index (χ2v) is 6.37. The van der Waals surface area contributed by atoms with Crippen LogP contribution in [0.15, 0.2) is 41.6 Å². The number of thioether (sulfide) groups is 1. The van der Waals surface area contributed by atoms with Gasteiger partial charge in [-0.25, -0.2) is 4.68 Å². The highest BCUT2D eigenvalue weighted by atomic mass is 35.5. The minimum Gasteiger partial charge on any atom is -0.494 e. The number of aryl methyl sites for hydroxylation is 1. The van der Waals surface area contributed by atoms with Crippen molar-refractivity contribution in [3.8, 4) is 5.75 Å². The fraction of sp³-hybridized carbons (Fsp3) is 0.353. The maximum absolute atomic E-state index is 5.80. The molecule has 3 aromatic rings. The van der Waals surface area contributed by atoms with Crippen LogP contribution in [0.1, 0.15) is 12.5 Å². The monoisotopic (exact) mass is 379 g/mol. The molecule has 0 amide bonds. The predicted molar refractivity (Wildman–Crippen MR) is 104 cm³/mol. The van der Waals surface area contributed by atoms with Crippen molar-refractivity contribution in [1.29, 1.82) is 0 Å². The molecule has 0 radical (unpaired) electrons. The summed E-state index contributed by atoms with van der Waals surface area (Å²) in [6.45, 7) is 4.32. The molecule has 0 saturated heterocycles. The Morgan fingerprint density at radius 2 is 2.04 bits per heavy atom. The molecule has 0 unspecified atom stereocenters. The smallest absolute Gasteiger partial charge is 0.209 e. The topological polar surface area (TPSA) is 64.9 Å². The summed E-state index contributed by atoms with van der Waals surface area (Å²) in [5.74, 6) is 1.86. The van der Waals surface area contributed by atoms with Gasteiger partial charge in [0.15, 0.2) is 0 Å². The third kappa shape index (κ3) is 4.84. The van der Waals surface area contributed by atoms with Gasteiger partial charge in [0.1, 0.15) is 5.75 Å². The normalized spacial score (nSPS) is 10.6. The molecule has 3 rings (SSSR count). The molecule has 0 aliphatic carbocycles. The van der Waals surface area contributed by atoms with E-state index in [-0.39, 0.29) is 12.4 Å². The van der Waals surface area contributed by atoms with Crippen molar-refractivity contribution in [1.82, 2.24) is 25.5 Å². The Hall–Kier alpha value is -1.83. The van der Waals surface area contributed by atoms with Crippen molar-refractivity contribution in [2.24, 2.45) is 7.05 Å². The van der Waals surface area contributed by atoms with Crippen LogP contribution in [0.2, 0.25) is 0 Å². The highest BCUT2D eigenvalue weighted by Gasteiger charge is 2.08. The van der Waals surface area contributed by atoms with Crippen molar-refractivity contribution in [2.45, 2.75) is 18.6 Å². The number of rotatable bonds is 8. The Morgan fingerprint density at radius 1 is 1.20 bits per heavy atom. The lowest BCUT2D eigenvalue weighted by molar-refractivity contribution is 0.336. The lowest BCUT2D eigenvalue weighted by Crippen LogP contribution is -2.17. The molecule has 0 spiro atoms. The molecule has 0 saturated carbocycles. The summed E-state index contributed by atoms with van der Waals surface area (Å²) in [5.41, 5.74) is 1.21. The van der Waals surface area contributed by atoms with E-state index in [1.807, 2.05) is 14.0 Å². The summed E-state index contributed by atoms with van der Waals surface area (Å²) in [5, 5.41) is 18.2. The van der Waals surface area contributed by atoms with Gasteiger partial charge in [-0.1, -0.05) is 42.1 Å². The molecular formula is C17H22ClN5OS. The standard InChI is InChI=1S/C17H21N5OS.ClH/c1-3-23-16-9-8-13-6-4-5-7-14(13)15(16)12-18-10-11-24-17-19-20-21-22(17)2;/h4-9,18H,3,10-12H2,1-2H3;1H. The van der Waals surface area contributed by atoms with Crippen LogP contribution in [0.3, 0.4) is 0 Å². The first-order valence-corrected chi connectivity index (χ1v) is 8.97. The number of hydrogen-bond acceptors (Lipinski definition) is 6. The van der Waals surface area contributed by atoms with Crippen LogP contribution >= 0.6 is 24.2 Å². The summed E-state index contributed by atoms with van der Waals surface area (Å²) in [6.07, 6.45) is 0. The summed E-state index contributed by atoms with van der Waals surface area (Å²) in [7, 11) is 1.85. The van der Waals surface area contributed by atoms with E-state index < -0.39 is 0 Å². The van der Waals surface area contributed by atoms with Gasteiger partial charge >= 0.3 is 0 Å². The number of halogens is 1. The Morgan fingerprint density at radius 3 is 2.80 bits per heavy atom. The van der Waals surface area contributed by atoms with Gasteiger partial charge in [-0.3, -0.25) is 0 Å². The minimum atomic E-state index is 0. The molecule has 8 heteroatoms. The fourth-order valence-electron chi connectivity index (χ4n) is 2.56. The van der Waals surface area contributed by atoms with Crippen LogP contribution in [-0.4, -0.2) is 39.1 Å². The number of hydrogen-bond donors (Lipinski definition) is 1. The van der Waals surface area contributed by atoms with Crippen LogP contribution in [0.4, 0.5) is 0 Å². The van der Waals surface area contributed by atoms with Gasteiger partial charge in [-0.2, -0.15) is 0 Å². The van der Waals surface area contributed by atoms with E-state index in [1.54, 1.807) is 16.4 Å². The van der Waals surface area contributed by atoms with Crippen LogP contribution < -0.4 is 10.1 Å². The summed E-state index contributed by atoms with van der Waals surface area (Å²) < 4.78 is 7.48. The molecule has 0 aliphatic heterocycles. The second kappa shape index (κ2) is 9.60. The maximum atomic E-state index is 5.80. The van der Waals surface area contributed by atoms with Gasteiger partial charge in [0, 0.05) is 31.5 Å². The van der Waals surface area contributed by atoms with Crippen molar-refractivity contribution in [2.75, 3.05) is 18.9 Å². The highest BCUT2D eigenvalue weighted by Crippen LogP contribution is 2.28. The van der Waals surface area contributed by atoms with E-state index in [0.717, 1.165) is 29.7 Å². The van der Waals surface area contributed by atoms with E-state index in [2.05, 4.69) is 57.2 Å². The van der Waals surface area contributed by atoms with Gasteiger partial charge in [0.2, 0.25) is 5.16 Å². The Balaban J connectivity index is 0.00000225. The second-order valence-electron chi connectivity index (χ2n) is 5.31. The van der Waals surface area contributed by atoms with Gasteiger partial charge in [0.25, 0.3) is 0 Å². The van der Waals surface area contributed by atoms with E-state index >= 15 is 0 Å². The van der Waals surface area contributed by atoms with Gasteiger partial charge in [-0.05, 0) is 34.2 Å². The van der Waals surface area contributed by atoms with Crippen LogP contribution in [-0.2, 0) is 13.6 Å². The van der Waals surface area contributed by atoms with E-state index in [0.29, 0.717) is 6.61 Å². The zero-order valence-electron chi connectivity index (χ0n) is 14.3. The van der Waals surface area contributed by atoms with E-state index in [1.165, 1.54) is 16.3 Å². The molecule has 0 atom stereocenters. The zero-order chi connectivity index (χ0) is 16.8. The summed E-state index contributed by atoms with van der Waals surface area (Å²) >= 11 is 1.64. The molecule has 0 bridgehead atoms. The van der Waals surface area contributed by atoms with Crippen molar-refractivity contribution >= 4 is 34.9 Å². The minimum absolute atomic E-state index is 0. The molecule has 1 N–H and O–H groups in total. The van der Waals surface area contributed by atoms with Gasteiger partial charge in [-0.15, -0.1) is 17.5 Å². The maximum Gasteiger partial charge on any atom is 0.209 e. The Bertz CT molecular complexity index is 811. The van der Waals surface area contributed by atoms with Gasteiger partial charge < -0.3 is 10.1 Å². The average Bonchev–Trinajstić information content (AvgIpc) is 3.01. The number of nitrogens with one attached hydrogen (secondary N) is 1. The largest absolute Gasteiger partial charge is 0.494 e. The predicted octanol–water partition coefficient (Wildman–Crippen LogP) is 3.07. The average molecular weight is 380 g/mol. The number of benzene rings is 2. The molecule has 6 nitrogen and oxygen atoms in total. The molecule has 1 heterocycles. The molecular weight excluding hydrogens is 358 g/mol. The quantitative estimate of drug-likeness (QED) is 0.479. The lowest BCUT2D eigenvalue weighted by atomic mass is 10.0. The van der Waals surface area contributed by atoms with Crippen molar-refractivity contribution in [3.63, 3.8) is 0 Å². The van der Waals surface area contributed by atoms with Crippen LogP contribution in [0.25, 0.3) is 10.8 Å². The van der Waals surface area contributed by atoms with E-state index in [9.17, 15) is 0 Å². The van der Waals surface area contributed by atoms with E-state index in [4.69, 9.17) is 4.74 Å². The van der Waals surface area contributed by atoms with Crippen molar-refractivity contribution < 1.29 is 4.74 Å². The number of fused-ring (bicyclic) bond motifs is 1. The first-order valence-electron chi connectivity index (χ1n) is 7.99. The Kier molecular flexibility index (Phi) is 7.49. The van der Waals surface area contributed by atoms with Crippen LogP contribution in [0.5, 0.6) is 5.75 Å². The molecule has 134 valence electrons. The van der Waals surface area contributed by atoms with Crippen molar-refractivity contribution in [3.05, 3.63) is 42.0 Å². The fourth-order valence-corrected chi connectivity index (χ4v) is 3.31. The zero-order valence-corrected chi connectivity index (χ0v) is 15.9. The number of tetrazole rings is 1. The molecule has 25 heavy (non-hydrogen) atoms. The third-order valence-corrected chi connectivity index (χ3v) is 4.70. The molecule has 1 aromatic heterocycles. The number of nitrogens with zero attached hydrogens (tertiary/aromatic N) is 4. The number of ether oxygens (including phenoxy) is 1. The first kappa shape index (κ1) is 19.5. The summed E-state index contributed by atoms with van der Waals surface area (Å²) in [4.78, 5) is 0. The van der Waals surface area contributed by atoms with Crippen LogP contribution in [0, 0.1) is 0 Å². The first-order chi connectivity index (χ1) is 11.8. The SMILES string of the molecule is CCOc1ccc2ccccc2c1CNCCSc1nnnn1C.Cl. The molecule has 2 aromatic carbocycles.